The minimum absolute atomic E-state index is 0.182. The Morgan fingerprint density at radius 2 is 2.07 bits per heavy atom. The van der Waals surface area contributed by atoms with Gasteiger partial charge >= 0.3 is 0 Å². The maximum atomic E-state index is 5.65. The number of thiazole rings is 1. The van der Waals surface area contributed by atoms with Crippen molar-refractivity contribution >= 4 is 38.6 Å². The topological polar surface area (TPSA) is 103 Å². The first-order valence-corrected chi connectivity index (χ1v) is 4.95. The Labute approximate surface area is 84.4 Å². The maximum Gasteiger partial charge on any atom is 0.223 e. The molecule has 0 amide bonds. The van der Waals surface area contributed by atoms with E-state index in [4.69, 9.17) is 11.5 Å². The third kappa shape index (κ3) is 1.41. The number of aromatic nitrogens is 3. The molecule has 0 unspecified atom stereocenters. The van der Waals surface area contributed by atoms with Gasteiger partial charge in [0.2, 0.25) is 5.95 Å². The van der Waals surface area contributed by atoms with E-state index in [2.05, 4.69) is 20.3 Å². The first-order valence-electron chi connectivity index (χ1n) is 4.14. The van der Waals surface area contributed by atoms with Crippen molar-refractivity contribution in [2.24, 2.45) is 0 Å². The Kier molecular flexibility index (Phi) is 2.08. The van der Waals surface area contributed by atoms with Crippen LogP contribution < -0.4 is 16.8 Å². The van der Waals surface area contributed by atoms with Crippen LogP contribution in [0.3, 0.4) is 0 Å². The quantitative estimate of drug-likeness (QED) is 0.673. The molecule has 0 radical (unpaired) electrons. The van der Waals surface area contributed by atoms with Crippen LogP contribution in [0.2, 0.25) is 0 Å². The molecule has 0 bridgehead atoms. The number of rotatable bonds is 2. The van der Waals surface area contributed by atoms with Gasteiger partial charge in [-0.2, -0.15) is 4.98 Å². The second-order valence-electron chi connectivity index (χ2n) is 2.67. The number of hydrogen-bond donors (Lipinski definition) is 3. The van der Waals surface area contributed by atoms with Gasteiger partial charge in [-0.15, -0.1) is 0 Å². The molecule has 0 aliphatic rings. The number of nitrogens with zero attached hydrogens (tertiary/aromatic N) is 3. The van der Waals surface area contributed by atoms with E-state index >= 15 is 0 Å². The highest BCUT2D eigenvalue weighted by molar-refractivity contribution is 7.21. The van der Waals surface area contributed by atoms with Gasteiger partial charge in [-0.1, -0.05) is 11.3 Å². The molecule has 0 saturated carbocycles. The van der Waals surface area contributed by atoms with Crippen LogP contribution in [-0.4, -0.2) is 21.5 Å². The third-order valence-electron chi connectivity index (χ3n) is 1.63. The van der Waals surface area contributed by atoms with Crippen molar-refractivity contribution < 1.29 is 0 Å². The van der Waals surface area contributed by atoms with E-state index in [0.29, 0.717) is 16.2 Å². The highest BCUT2D eigenvalue weighted by Gasteiger charge is 2.09. The van der Waals surface area contributed by atoms with Gasteiger partial charge in [-0.05, 0) is 6.92 Å². The summed E-state index contributed by atoms with van der Waals surface area (Å²) in [5, 5.41) is 3.87. The standard InChI is InChI=1S/C7H10N6S/c1-2-10-7-11-3-4(8)12-6(9)13-5(3)14-7/h2H2,1H3,(H,10,11)(H4,8,9,12,13). The first-order chi connectivity index (χ1) is 6.70. The van der Waals surface area contributed by atoms with E-state index in [1.165, 1.54) is 11.3 Å². The molecule has 14 heavy (non-hydrogen) atoms. The fourth-order valence-electron chi connectivity index (χ4n) is 1.09. The summed E-state index contributed by atoms with van der Waals surface area (Å²) in [6.45, 7) is 2.80. The SMILES string of the molecule is CCNc1nc2c(N)nc(N)nc2s1. The third-order valence-corrected chi connectivity index (χ3v) is 2.54. The summed E-state index contributed by atoms with van der Waals surface area (Å²) in [7, 11) is 0. The molecule has 0 spiro atoms. The van der Waals surface area contributed by atoms with E-state index in [9.17, 15) is 0 Å². The van der Waals surface area contributed by atoms with Gasteiger partial charge in [0, 0.05) is 6.54 Å². The zero-order valence-electron chi connectivity index (χ0n) is 7.61. The first kappa shape index (κ1) is 8.95. The van der Waals surface area contributed by atoms with Crippen LogP contribution >= 0.6 is 11.3 Å². The molecular formula is C7H10N6S. The van der Waals surface area contributed by atoms with Crippen LogP contribution in [0.25, 0.3) is 10.3 Å². The Bertz CT molecular complexity index is 464. The predicted molar refractivity (Wildman–Crippen MR) is 58.2 cm³/mol. The summed E-state index contributed by atoms with van der Waals surface area (Å²) < 4.78 is 0. The molecule has 2 heterocycles. The van der Waals surface area contributed by atoms with Crippen molar-refractivity contribution in [2.45, 2.75) is 6.92 Å². The monoisotopic (exact) mass is 210 g/mol. The molecule has 0 aromatic carbocycles. The van der Waals surface area contributed by atoms with Crippen molar-refractivity contribution in [1.29, 1.82) is 0 Å². The summed E-state index contributed by atoms with van der Waals surface area (Å²) >= 11 is 1.42. The zero-order chi connectivity index (χ0) is 10.1. The molecule has 0 atom stereocenters. The van der Waals surface area contributed by atoms with Gasteiger partial charge in [0.05, 0.1) is 0 Å². The number of nitrogen functional groups attached to an aromatic ring is 2. The summed E-state index contributed by atoms with van der Waals surface area (Å²) in [4.78, 5) is 12.8. The van der Waals surface area contributed by atoms with Crippen LogP contribution in [0, 0.1) is 0 Å². The lowest BCUT2D eigenvalue weighted by molar-refractivity contribution is 1.19. The predicted octanol–water partition coefficient (Wildman–Crippen LogP) is 0.682. The molecule has 2 aromatic heterocycles. The van der Waals surface area contributed by atoms with Crippen molar-refractivity contribution in [2.75, 3.05) is 23.3 Å². The molecule has 5 N–H and O–H groups in total. The molecule has 0 saturated heterocycles. The fraction of sp³-hybridized carbons (Fsp3) is 0.286. The van der Waals surface area contributed by atoms with E-state index in [1.807, 2.05) is 6.92 Å². The maximum absolute atomic E-state index is 5.65. The summed E-state index contributed by atoms with van der Waals surface area (Å²) in [6, 6.07) is 0. The highest BCUT2D eigenvalue weighted by Crippen LogP contribution is 2.27. The Morgan fingerprint density at radius 3 is 2.79 bits per heavy atom. The van der Waals surface area contributed by atoms with Crippen LogP contribution in [0.1, 0.15) is 6.92 Å². The van der Waals surface area contributed by atoms with Crippen molar-refractivity contribution in [3.05, 3.63) is 0 Å². The number of hydrogen-bond acceptors (Lipinski definition) is 7. The molecule has 0 fully saturated rings. The van der Waals surface area contributed by atoms with E-state index in [0.717, 1.165) is 11.7 Å². The highest BCUT2D eigenvalue weighted by atomic mass is 32.1. The number of fused-ring (bicyclic) bond motifs is 1. The van der Waals surface area contributed by atoms with Gasteiger partial charge in [-0.3, -0.25) is 0 Å². The molecular weight excluding hydrogens is 200 g/mol. The molecule has 0 aliphatic heterocycles. The van der Waals surface area contributed by atoms with Crippen molar-refractivity contribution in [3.8, 4) is 0 Å². The molecule has 6 nitrogen and oxygen atoms in total. The fourth-order valence-corrected chi connectivity index (χ4v) is 2.01. The van der Waals surface area contributed by atoms with Crippen molar-refractivity contribution in [1.82, 2.24) is 15.0 Å². The number of nitrogens with one attached hydrogen (secondary N) is 1. The van der Waals surface area contributed by atoms with Crippen LogP contribution in [-0.2, 0) is 0 Å². The summed E-state index contributed by atoms with van der Waals surface area (Å²) in [6.07, 6.45) is 0. The van der Waals surface area contributed by atoms with Crippen molar-refractivity contribution in [3.63, 3.8) is 0 Å². The van der Waals surface area contributed by atoms with Crippen LogP contribution in [0.15, 0.2) is 0 Å². The minimum atomic E-state index is 0.182. The average Bonchev–Trinajstić information content (AvgIpc) is 2.48. The normalized spacial score (nSPS) is 10.6. The Hall–Kier alpha value is -1.63. The van der Waals surface area contributed by atoms with Gasteiger partial charge in [-0.25, -0.2) is 9.97 Å². The zero-order valence-corrected chi connectivity index (χ0v) is 8.43. The van der Waals surface area contributed by atoms with E-state index in [1.54, 1.807) is 0 Å². The smallest absolute Gasteiger partial charge is 0.223 e. The Morgan fingerprint density at radius 1 is 1.29 bits per heavy atom. The van der Waals surface area contributed by atoms with Crippen LogP contribution in [0.5, 0.6) is 0 Å². The number of nitrogens with two attached hydrogens (primary N) is 2. The molecule has 2 rings (SSSR count). The van der Waals surface area contributed by atoms with E-state index in [-0.39, 0.29) is 5.95 Å². The average molecular weight is 210 g/mol. The van der Waals surface area contributed by atoms with Gasteiger partial charge in [0.1, 0.15) is 5.52 Å². The van der Waals surface area contributed by atoms with Crippen LogP contribution in [0.4, 0.5) is 16.9 Å². The second-order valence-corrected chi connectivity index (χ2v) is 3.65. The Balaban J connectivity index is 2.58. The van der Waals surface area contributed by atoms with Gasteiger partial charge in [0.15, 0.2) is 15.8 Å². The van der Waals surface area contributed by atoms with Gasteiger partial charge in [0.25, 0.3) is 0 Å². The molecule has 74 valence electrons. The molecule has 7 heteroatoms. The largest absolute Gasteiger partial charge is 0.382 e. The summed E-state index contributed by atoms with van der Waals surface area (Å²) in [5.41, 5.74) is 11.7. The lowest BCUT2D eigenvalue weighted by Crippen LogP contribution is -1.99. The second kappa shape index (κ2) is 3.26. The number of anilines is 3. The van der Waals surface area contributed by atoms with Gasteiger partial charge < -0.3 is 16.8 Å². The lowest BCUT2D eigenvalue weighted by atomic mass is 10.5. The molecule has 0 aliphatic carbocycles. The minimum Gasteiger partial charge on any atom is -0.382 e. The summed E-state index contributed by atoms with van der Waals surface area (Å²) in [5.74, 6) is 0.509. The van der Waals surface area contributed by atoms with E-state index < -0.39 is 0 Å². The molecule has 2 aromatic rings. The lowest BCUT2D eigenvalue weighted by Gasteiger charge is -1.94.